The highest BCUT2D eigenvalue weighted by molar-refractivity contribution is 7.44. The minimum atomic E-state index is -2.02. The van der Waals surface area contributed by atoms with Crippen molar-refractivity contribution in [2.75, 3.05) is 0 Å². The average molecular weight is 419 g/mol. The van der Waals surface area contributed by atoms with Gasteiger partial charge in [0.15, 0.2) is 0 Å². The van der Waals surface area contributed by atoms with Crippen molar-refractivity contribution in [2.24, 2.45) is 0 Å². The standard InChI is InChI=1S/C25H34Si3/c1-26(2,3)27(4,5)25(22-16-10-7-11-17-22)28(6,23-18-12-8-13-19-23)24-20-14-9-15-21-24/h7-21,25H,1-6H3. The van der Waals surface area contributed by atoms with Gasteiger partial charge in [0, 0.05) is 15.2 Å². The molecule has 3 aromatic carbocycles. The number of benzene rings is 3. The maximum absolute atomic E-state index is 2.67. The molecule has 0 bridgehead atoms. The Morgan fingerprint density at radius 3 is 1.21 bits per heavy atom. The smallest absolute Gasteiger partial charge is 0.0715 e. The van der Waals surface area contributed by atoms with E-state index in [0.717, 1.165) is 0 Å². The van der Waals surface area contributed by atoms with E-state index in [0.29, 0.717) is 5.16 Å². The summed E-state index contributed by atoms with van der Waals surface area (Å²) >= 11 is 0. The third kappa shape index (κ3) is 3.76. The molecule has 1 atom stereocenters. The first-order valence-corrected chi connectivity index (χ1v) is 20.5. The van der Waals surface area contributed by atoms with Crippen LogP contribution < -0.4 is 10.4 Å². The van der Waals surface area contributed by atoms with Crippen LogP contribution in [0.3, 0.4) is 0 Å². The Labute approximate surface area is 174 Å². The monoisotopic (exact) mass is 418 g/mol. The van der Waals surface area contributed by atoms with Crippen molar-refractivity contribution >= 4 is 33.6 Å². The van der Waals surface area contributed by atoms with E-state index in [4.69, 9.17) is 0 Å². The molecular weight excluding hydrogens is 385 g/mol. The fraction of sp³-hybridized carbons (Fsp3) is 0.280. The van der Waals surface area contributed by atoms with Gasteiger partial charge in [0.05, 0.1) is 0 Å². The molecule has 3 heteroatoms. The summed E-state index contributed by atoms with van der Waals surface area (Å²) in [7, 11) is -4.93. The van der Waals surface area contributed by atoms with Gasteiger partial charge in [-0.1, -0.05) is 141 Å². The Balaban J connectivity index is 2.36. The van der Waals surface area contributed by atoms with E-state index in [2.05, 4.69) is 130 Å². The lowest BCUT2D eigenvalue weighted by atomic mass is 10.2. The maximum Gasteiger partial charge on any atom is 0.119 e. The molecule has 0 nitrogen and oxygen atoms in total. The molecule has 0 spiro atoms. The van der Waals surface area contributed by atoms with E-state index in [9.17, 15) is 0 Å². The summed E-state index contributed by atoms with van der Waals surface area (Å²) in [5.41, 5.74) is 1.56. The van der Waals surface area contributed by atoms with Gasteiger partial charge >= 0.3 is 0 Å². The van der Waals surface area contributed by atoms with Crippen molar-refractivity contribution in [1.82, 2.24) is 0 Å². The van der Waals surface area contributed by atoms with Crippen LogP contribution in [0.25, 0.3) is 0 Å². The van der Waals surface area contributed by atoms with Gasteiger partial charge in [-0.15, -0.1) is 0 Å². The van der Waals surface area contributed by atoms with E-state index in [1.165, 1.54) is 0 Å². The molecule has 0 saturated heterocycles. The van der Waals surface area contributed by atoms with Crippen molar-refractivity contribution in [3.8, 4) is 0 Å². The van der Waals surface area contributed by atoms with Crippen molar-refractivity contribution < 1.29 is 0 Å². The predicted molar refractivity (Wildman–Crippen MR) is 134 cm³/mol. The second-order valence-corrected chi connectivity index (χ2v) is 31.4. The summed E-state index contributed by atoms with van der Waals surface area (Å²) in [6.45, 7) is 15.8. The van der Waals surface area contributed by atoms with Crippen molar-refractivity contribution in [3.05, 3.63) is 96.6 Å². The molecule has 146 valence electrons. The zero-order chi connectivity index (χ0) is 20.4. The Morgan fingerprint density at radius 2 is 0.857 bits per heavy atom. The Bertz CT molecular complexity index is 842. The van der Waals surface area contributed by atoms with Crippen LogP contribution in [-0.4, -0.2) is 23.3 Å². The molecule has 0 aliphatic heterocycles. The van der Waals surface area contributed by atoms with Gasteiger partial charge in [-0.25, -0.2) is 0 Å². The van der Waals surface area contributed by atoms with Crippen LogP contribution in [0.1, 0.15) is 10.7 Å². The Kier molecular flexibility index (Phi) is 5.99. The highest BCUT2D eigenvalue weighted by Gasteiger charge is 2.54. The van der Waals surface area contributed by atoms with E-state index >= 15 is 0 Å². The van der Waals surface area contributed by atoms with Crippen LogP contribution in [0.4, 0.5) is 0 Å². The average Bonchev–Trinajstić information content (AvgIpc) is 2.69. The molecule has 0 N–H and O–H groups in total. The molecule has 0 aromatic heterocycles. The lowest BCUT2D eigenvalue weighted by Gasteiger charge is -2.50. The van der Waals surface area contributed by atoms with Crippen molar-refractivity contribution in [3.63, 3.8) is 0 Å². The van der Waals surface area contributed by atoms with Gasteiger partial charge in [-0.2, -0.15) is 0 Å². The van der Waals surface area contributed by atoms with Crippen LogP contribution in [0.5, 0.6) is 0 Å². The third-order valence-electron chi connectivity index (χ3n) is 7.11. The van der Waals surface area contributed by atoms with Crippen molar-refractivity contribution in [1.29, 1.82) is 0 Å². The molecular formula is C25H34Si3. The first-order valence-electron chi connectivity index (χ1n) is 10.3. The van der Waals surface area contributed by atoms with Crippen LogP contribution >= 0.6 is 0 Å². The molecule has 0 fully saturated rings. The van der Waals surface area contributed by atoms with Gasteiger partial charge in [-0.3, -0.25) is 0 Å². The normalized spacial score (nSPS) is 13.9. The van der Waals surface area contributed by atoms with Gasteiger partial charge in [0.25, 0.3) is 0 Å². The lowest BCUT2D eigenvalue weighted by Crippen LogP contribution is -2.71. The zero-order valence-corrected chi connectivity index (χ0v) is 21.2. The van der Waals surface area contributed by atoms with E-state index in [1.54, 1.807) is 15.9 Å². The summed E-state index contributed by atoms with van der Waals surface area (Å²) in [6, 6.07) is 34.2. The molecule has 1 unspecified atom stereocenters. The Hall–Kier alpha value is -1.69. The summed E-state index contributed by atoms with van der Waals surface area (Å²) in [5.74, 6) is 0. The highest BCUT2D eigenvalue weighted by Crippen LogP contribution is 2.40. The number of hydrogen-bond donors (Lipinski definition) is 0. The fourth-order valence-corrected chi connectivity index (χ4v) is 26.5. The minimum absolute atomic E-state index is 0.651. The van der Waals surface area contributed by atoms with E-state index < -0.39 is 23.3 Å². The zero-order valence-electron chi connectivity index (χ0n) is 18.2. The molecule has 0 radical (unpaired) electrons. The Morgan fingerprint density at radius 1 is 0.500 bits per heavy atom. The molecule has 3 aromatic rings. The molecule has 0 saturated carbocycles. The second-order valence-electron chi connectivity index (χ2n) is 9.75. The minimum Gasteiger partial charge on any atom is -0.0715 e. The number of hydrogen-bond acceptors (Lipinski definition) is 0. The molecule has 28 heavy (non-hydrogen) atoms. The predicted octanol–water partition coefficient (Wildman–Crippen LogP) is 5.87. The molecule has 3 rings (SSSR count). The van der Waals surface area contributed by atoms with E-state index in [-0.39, 0.29) is 0 Å². The second kappa shape index (κ2) is 7.97. The first kappa shape index (κ1) is 21.0. The van der Waals surface area contributed by atoms with Crippen LogP contribution in [0, 0.1) is 0 Å². The molecule has 0 aliphatic carbocycles. The summed E-state index contributed by atoms with van der Waals surface area (Å²) in [6.07, 6.45) is 0. The largest absolute Gasteiger partial charge is 0.119 e. The lowest BCUT2D eigenvalue weighted by molar-refractivity contribution is 1.22. The quantitative estimate of drug-likeness (QED) is 0.439. The first-order chi connectivity index (χ1) is 13.2. The number of rotatable bonds is 6. The van der Waals surface area contributed by atoms with Gasteiger partial charge in [0.2, 0.25) is 0 Å². The molecule has 0 amide bonds. The topological polar surface area (TPSA) is 0 Å². The van der Waals surface area contributed by atoms with Crippen LogP contribution in [0.2, 0.25) is 39.3 Å². The van der Waals surface area contributed by atoms with Crippen molar-refractivity contribution in [2.45, 2.75) is 44.4 Å². The maximum atomic E-state index is 2.67. The fourth-order valence-electron chi connectivity index (χ4n) is 4.62. The van der Waals surface area contributed by atoms with E-state index in [1.807, 2.05) is 0 Å². The van der Waals surface area contributed by atoms with Gasteiger partial charge in [0.1, 0.15) is 8.07 Å². The molecule has 0 aliphatic rings. The SMILES string of the molecule is C[Si](c1ccccc1)(c1ccccc1)C(c1ccccc1)[Si](C)(C)[Si](C)(C)C. The summed E-state index contributed by atoms with van der Waals surface area (Å²) in [5, 5.41) is 3.78. The van der Waals surface area contributed by atoms with Gasteiger partial charge in [-0.05, 0) is 10.7 Å². The third-order valence-corrected chi connectivity index (χ3v) is 34.5. The van der Waals surface area contributed by atoms with Gasteiger partial charge < -0.3 is 0 Å². The molecule has 0 heterocycles. The van der Waals surface area contributed by atoms with Crippen LogP contribution in [-0.2, 0) is 0 Å². The summed E-state index contributed by atoms with van der Waals surface area (Å²) in [4.78, 5) is 0. The highest BCUT2D eigenvalue weighted by atomic mass is 29.3. The van der Waals surface area contributed by atoms with Crippen LogP contribution in [0.15, 0.2) is 91.0 Å². The summed E-state index contributed by atoms with van der Waals surface area (Å²) < 4.78 is 0.